The minimum absolute atomic E-state index is 0.103. The predicted octanol–water partition coefficient (Wildman–Crippen LogP) is 3.39. The fraction of sp³-hybridized carbons (Fsp3) is 0.0909. The van der Waals surface area contributed by atoms with Crippen LogP contribution in [0, 0.1) is 0 Å². The highest BCUT2D eigenvalue weighted by molar-refractivity contribution is 9.11. The number of carbonyl (C=O) groups is 1. The average molecular weight is 453 g/mol. The molecule has 1 amide bonds. The normalized spacial score (nSPS) is 10.5. The van der Waals surface area contributed by atoms with Gasteiger partial charge in [0.2, 0.25) is 5.91 Å². The summed E-state index contributed by atoms with van der Waals surface area (Å²) in [4.78, 5) is 11.9. The van der Waals surface area contributed by atoms with Crippen molar-refractivity contribution >= 4 is 65.2 Å². The van der Waals surface area contributed by atoms with E-state index >= 15 is 0 Å². The first-order valence-corrected chi connectivity index (χ1v) is 7.57. The quantitative estimate of drug-likeness (QED) is 0.749. The topological polar surface area (TPSA) is 72.9 Å². The second kappa shape index (κ2) is 6.06. The Balaban J connectivity index is 2.11. The van der Waals surface area contributed by atoms with E-state index in [4.69, 9.17) is 5.73 Å². The molecule has 0 atom stereocenters. The summed E-state index contributed by atoms with van der Waals surface area (Å²) in [5, 5.41) is 6.76. The minimum Gasteiger partial charge on any atom is -0.382 e. The number of hydrogen-bond acceptors (Lipinski definition) is 3. The van der Waals surface area contributed by atoms with Crippen LogP contribution < -0.4 is 11.1 Å². The van der Waals surface area contributed by atoms with Crippen molar-refractivity contribution in [3.8, 4) is 0 Å². The van der Waals surface area contributed by atoms with E-state index in [1.54, 1.807) is 12.3 Å². The van der Waals surface area contributed by atoms with E-state index in [0.717, 1.165) is 13.4 Å². The molecular weight excluding hydrogens is 444 g/mol. The molecule has 5 nitrogen and oxygen atoms in total. The number of nitrogens with two attached hydrogens (primary N) is 1. The Morgan fingerprint density at radius 1 is 1.32 bits per heavy atom. The highest BCUT2D eigenvalue weighted by Crippen LogP contribution is 2.34. The zero-order valence-electron chi connectivity index (χ0n) is 9.53. The number of nitrogens with zero attached hydrogens (tertiary/aromatic N) is 2. The van der Waals surface area contributed by atoms with E-state index in [1.807, 2.05) is 12.1 Å². The molecule has 1 aromatic heterocycles. The molecule has 0 aliphatic carbocycles. The van der Waals surface area contributed by atoms with Crippen molar-refractivity contribution in [2.75, 3.05) is 11.1 Å². The maximum atomic E-state index is 11.9. The first-order chi connectivity index (χ1) is 8.95. The molecule has 2 rings (SSSR count). The molecule has 0 aliphatic heterocycles. The smallest absolute Gasteiger partial charge is 0.246 e. The van der Waals surface area contributed by atoms with E-state index in [0.29, 0.717) is 11.5 Å². The van der Waals surface area contributed by atoms with Gasteiger partial charge in [-0.15, -0.1) is 0 Å². The van der Waals surface area contributed by atoms with Crippen LogP contribution in [0.5, 0.6) is 0 Å². The first kappa shape index (κ1) is 14.5. The van der Waals surface area contributed by atoms with Crippen molar-refractivity contribution in [1.29, 1.82) is 0 Å². The van der Waals surface area contributed by atoms with Gasteiger partial charge in [-0.1, -0.05) is 15.9 Å². The third-order valence-corrected chi connectivity index (χ3v) is 3.95. The molecule has 2 aromatic rings. The number of benzene rings is 1. The Hall–Kier alpha value is -0.860. The number of nitrogens with one attached hydrogen (secondary N) is 1. The van der Waals surface area contributed by atoms with E-state index in [1.165, 1.54) is 4.68 Å². The summed E-state index contributed by atoms with van der Waals surface area (Å²) in [6.45, 7) is 0.103. The molecule has 0 fully saturated rings. The molecule has 8 heteroatoms. The zero-order chi connectivity index (χ0) is 14.0. The third kappa shape index (κ3) is 3.80. The summed E-state index contributed by atoms with van der Waals surface area (Å²) >= 11 is 10.2. The molecule has 100 valence electrons. The van der Waals surface area contributed by atoms with Gasteiger partial charge in [-0.05, 0) is 50.1 Å². The summed E-state index contributed by atoms with van der Waals surface area (Å²) in [7, 11) is 0. The number of hydrogen-bond donors (Lipinski definition) is 2. The minimum atomic E-state index is -0.188. The summed E-state index contributed by atoms with van der Waals surface area (Å²) in [6, 6.07) is 5.34. The van der Waals surface area contributed by atoms with Gasteiger partial charge in [-0.3, -0.25) is 9.48 Å². The Kier molecular flexibility index (Phi) is 4.64. The summed E-state index contributed by atoms with van der Waals surface area (Å²) in [5.41, 5.74) is 6.16. The molecule has 19 heavy (non-hydrogen) atoms. The van der Waals surface area contributed by atoms with Crippen molar-refractivity contribution in [2.45, 2.75) is 6.54 Å². The Morgan fingerprint density at radius 2 is 1.95 bits per heavy atom. The molecule has 0 radical (unpaired) electrons. The molecule has 0 spiro atoms. The molecule has 0 saturated carbocycles. The fourth-order valence-corrected chi connectivity index (χ4v) is 3.91. The summed E-state index contributed by atoms with van der Waals surface area (Å²) < 4.78 is 3.94. The molecule has 0 saturated heterocycles. The second-order valence-corrected chi connectivity index (χ2v) is 6.36. The monoisotopic (exact) mass is 450 g/mol. The number of aromatic nitrogens is 2. The lowest BCUT2D eigenvalue weighted by Gasteiger charge is -2.10. The van der Waals surface area contributed by atoms with E-state index in [9.17, 15) is 4.79 Å². The van der Waals surface area contributed by atoms with E-state index in [-0.39, 0.29) is 12.5 Å². The molecule has 1 heterocycles. The summed E-state index contributed by atoms with van der Waals surface area (Å²) in [6.07, 6.45) is 1.65. The number of halogens is 3. The van der Waals surface area contributed by atoms with Crippen LogP contribution in [-0.4, -0.2) is 15.7 Å². The van der Waals surface area contributed by atoms with Gasteiger partial charge < -0.3 is 11.1 Å². The van der Waals surface area contributed by atoms with Crippen LogP contribution in [0.3, 0.4) is 0 Å². The lowest BCUT2D eigenvalue weighted by Crippen LogP contribution is -2.19. The molecule has 0 unspecified atom stereocenters. The van der Waals surface area contributed by atoms with Crippen LogP contribution >= 0.6 is 47.8 Å². The fourth-order valence-electron chi connectivity index (χ4n) is 1.45. The lowest BCUT2D eigenvalue weighted by atomic mass is 10.3. The highest BCUT2D eigenvalue weighted by atomic mass is 79.9. The van der Waals surface area contributed by atoms with E-state index in [2.05, 4.69) is 58.2 Å². The van der Waals surface area contributed by atoms with Crippen molar-refractivity contribution in [1.82, 2.24) is 9.78 Å². The van der Waals surface area contributed by atoms with Gasteiger partial charge in [0.1, 0.15) is 12.4 Å². The zero-order valence-corrected chi connectivity index (χ0v) is 14.3. The van der Waals surface area contributed by atoms with Gasteiger partial charge in [0, 0.05) is 19.6 Å². The Bertz CT molecular complexity index is 603. The van der Waals surface area contributed by atoms with Gasteiger partial charge in [0.15, 0.2) is 0 Å². The largest absolute Gasteiger partial charge is 0.382 e. The van der Waals surface area contributed by atoms with Crippen molar-refractivity contribution in [3.05, 3.63) is 37.8 Å². The van der Waals surface area contributed by atoms with Crippen LogP contribution in [0.4, 0.5) is 11.5 Å². The number of anilines is 2. The Morgan fingerprint density at radius 3 is 2.47 bits per heavy atom. The molecule has 3 N–H and O–H groups in total. The van der Waals surface area contributed by atoms with Crippen LogP contribution in [0.2, 0.25) is 0 Å². The third-order valence-electron chi connectivity index (χ3n) is 2.24. The van der Waals surface area contributed by atoms with Crippen molar-refractivity contribution < 1.29 is 4.79 Å². The van der Waals surface area contributed by atoms with Crippen LogP contribution in [-0.2, 0) is 11.3 Å². The van der Waals surface area contributed by atoms with Crippen molar-refractivity contribution in [2.24, 2.45) is 0 Å². The number of rotatable bonds is 3. The number of amides is 1. The SMILES string of the molecule is Nc1ccn(CC(=O)Nc2c(Br)cc(Br)cc2Br)n1. The summed E-state index contributed by atoms with van der Waals surface area (Å²) in [5.74, 6) is 0.200. The lowest BCUT2D eigenvalue weighted by molar-refractivity contribution is -0.116. The standard InChI is InChI=1S/C11H9Br3N4O/c12-6-3-7(13)11(8(14)4-6)16-10(19)5-18-2-1-9(15)17-18/h1-4H,5H2,(H2,15,17)(H,16,19). The molecule has 0 aliphatic rings. The maximum absolute atomic E-state index is 11.9. The molecular formula is C11H9Br3N4O. The highest BCUT2D eigenvalue weighted by Gasteiger charge is 2.11. The van der Waals surface area contributed by atoms with Gasteiger partial charge in [-0.25, -0.2) is 0 Å². The van der Waals surface area contributed by atoms with Crippen LogP contribution in [0.25, 0.3) is 0 Å². The predicted molar refractivity (Wildman–Crippen MR) is 84.8 cm³/mol. The number of carbonyl (C=O) groups excluding carboxylic acids is 1. The maximum Gasteiger partial charge on any atom is 0.246 e. The van der Waals surface area contributed by atoms with Gasteiger partial charge in [0.05, 0.1) is 5.69 Å². The van der Waals surface area contributed by atoms with Gasteiger partial charge in [0.25, 0.3) is 0 Å². The van der Waals surface area contributed by atoms with Crippen LogP contribution in [0.1, 0.15) is 0 Å². The van der Waals surface area contributed by atoms with Gasteiger partial charge >= 0.3 is 0 Å². The molecule has 0 bridgehead atoms. The van der Waals surface area contributed by atoms with Crippen LogP contribution in [0.15, 0.2) is 37.8 Å². The second-order valence-electron chi connectivity index (χ2n) is 3.73. The number of nitrogen functional groups attached to an aromatic ring is 1. The molecule has 1 aromatic carbocycles. The average Bonchev–Trinajstić information content (AvgIpc) is 2.69. The first-order valence-electron chi connectivity index (χ1n) is 5.19. The Labute approximate surface area is 134 Å². The van der Waals surface area contributed by atoms with E-state index < -0.39 is 0 Å². The van der Waals surface area contributed by atoms with Crippen molar-refractivity contribution in [3.63, 3.8) is 0 Å². The van der Waals surface area contributed by atoms with Gasteiger partial charge in [-0.2, -0.15) is 5.10 Å².